The van der Waals surface area contributed by atoms with E-state index < -0.39 is 13.7 Å². The van der Waals surface area contributed by atoms with Gasteiger partial charge in [0.1, 0.15) is 23.1 Å². The number of nitrogens with zero attached hydrogens (tertiary/aromatic N) is 9. The highest BCUT2D eigenvalue weighted by molar-refractivity contribution is 6.85. The Labute approximate surface area is 519 Å². The van der Waals surface area contributed by atoms with Gasteiger partial charge >= 0.3 is 13.7 Å². The molecule has 0 saturated heterocycles. The van der Waals surface area contributed by atoms with Crippen LogP contribution in [-0.4, -0.2) is 73.7 Å². The molecule has 0 spiro atoms. The van der Waals surface area contributed by atoms with Crippen molar-refractivity contribution in [1.82, 2.24) is 33.8 Å². The van der Waals surface area contributed by atoms with Gasteiger partial charge in [0.05, 0.1) is 72.6 Å². The molecule has 0 unspecified atom stereocenters. The van der Waals surface area contributed by atoms with Crippen molar-refractivity contribution in [3.8, 4) is 34.3 Å². The maximum absolute atomic E-state index is 12.4. The fourth-order valence-corrected chi connectivity index (χ4v) is 12.4. The van der Waals surface area contributed by atoms with Crippen LogP contribution in [0.3, 0.4) is 0 Å². The standard InChI is InChI=1S/C70H53B2Cl4N9O/c1-5-83(6-2)36-21-37-86-51-34-32-46(33-35-51)67-64-65(70(66(78-4)63-44-80-59-39-55(74)57(76)41-61(59)82-63)84(67)71(47-23-11-7-12-24-47)48-25-13-8-14-26-48)68(52-31-20-19-22-45(52)3)85(72(49-27-15-9-16-28-49)50-29-17-10-18-30-50)69(64)53(42-77)62-43-79-58-38-54(73)56(75)40-60(58)81-62/h7-20,22-35,38-41,43-44H,5-6,21,36-37H2,1-3H3/b69-53-,70-66+. The van der Waals surface area contributed by atoms with E-state index in [9.17, 15) is 11.8 Å². The number of rotatable bonds is 17. The predicted octanol–water partition coefficient (Wildman–Crippen LogP) is 12.8. The Hall–Kier alpha value is -8.97. The summed E-state index contributed by atoms with van der Waals surface area (Å²) in [6.45, 7) is 18.2. The Morgan fingerprint density at radius 3 is 1.49 bits per heavy atom. The van der Waals surface area contributed by atoms with Crippen molar-refractivity contribution in [1.29, 1.82) is 5.26 Å². The van der Waals surface area contributed by atoms with Crippen LogP contribution < -0.4 is 37.3 Å². The maximum atomic E-state index is 12.4. The summed E-state index contributed by atoms with van der Waals surface area (Å²) < 4.78 is 11.1. The zero-order valence-electron chi connectivity index (χ0n) is 47.3. The lowest BCUT2D eigenvalue weighted by Crippen LogP contribution is -2.54. The number of ether oxygens (including phenoxy) is 1. The molecule has 0 fully saturated rings. The lowest BCUT2D eigenvalue weighted by atomic mass is 9.50. The van der Waals surface area contributed by atoms with Crippen LogP contribution in [0.1, 0.15) is 37.2 Å². The number of fused-ring (bicyclic) bond motifs is 3. The van der Waals surface area contributed by atoms with Crippen molar-refractivity contribution in [2.75, 3.05) is 26.2 Å². The van der Waals surface area contributed by atoms with Gasteiger partial charge < -0.3 is 18.6 Å². The number of halogens is 4. The minimum absolute atomic E-state index is 0.191. The second-order valence-corrected chi connectivity index (χ2v) is 22.5. The lowest BCUT2D eigenvalue weighted by molar-refractivity contribution is 0.249. The van der Waals surface area contributed by atoms with Crippen LogP contribution in [-0.2, 0) is 0 Å². The number of hydrogen-bond donors (Lipinski definition) is 0. The minimum Gasteiger partial charge on any atom is -0.494 e. The van der Waals surface area contributed by atoms with Crippen LogP contribution in [0.2, 0.25) is 20.1 Å². The fraction of sp³-hybridized carbons (Fsp3) is 0.114. The van der Waals surface area contributed by atoms with E-state index in [0.29, 0.717) is 87.4 Å². The largest absolute Gasteiger partial charge is 0.494 e. The first-order valence-corrected chi connectivity index (χ1v) is 29.9. The normalized spacial score (nSPS) is 12.1. The molecular formula is C70H53B2Cl4N9O. The second-order valence-electron chi connectivity index (χ2n) is 20.9. The van der Waals surface area contributed by atoms with Gasteiger partial charge in [0.2, 0.25) is 5.70 Å². The van der Waals surface area contributed by atoms with Crippen LogP contribution >= 0.6 is 46.4 Å². The zero-order chi connectivity index (χ0) is 59.4. The Bertz CT molecular complexity index is 4530. The van der Waals surface area contributed by atoms with Crippen LogP contribution in [0, 0.1) is 24.8 Å². The molecule has 86 heavy (non-hydrogen) atoms. The van der Waals surface area contributed by atoms with Gasteiger partial charge in [-0.15, -0.1) is 0 Å². The van der Waals surface area contributed by atoms with Crippen LogP contribution in [0.25, 0.3) is 71.5 Å². The van der Waals surface area contributed by atoms with Crippen LogP contribution in [0.15, 0.2) is 207 Å². The van der Waals surface area contributed by atoms with E-state index in [0.717, 1.165) is 70.3 Å². The molecule has 0 atom stereocenters. The predicted molar refractivity (Wildman–Crippen MR) is 356 cm³/mol. The summed E-state index contributed by atoms with van der Waals surface area (Å²) in [4.78, 5) is 27.4. The summed E-state index contributed by atoms with van der Waals surface area (Å²) in [5.74, 6) is 0.699. The third-order valence-electron chi connectivity index (χ3n) is 15.8. The van der Waals surface area contributed by atoms with Crippen LogP contribution in [0.5, 0.6) is 5.75 Å². The monoisotopic (exact) mass is 1200 g/mol. The van der Waals surface area contributed by atoms with Gasteiger partial charge in [0.25, 0.3) is 0 Å². The Balaban J connectivity index is 1.38. The molecule has 4 aromatic heterocycles. The van der Waals surface area contributed by atoms with Gasteiger partial charge in [-0.25, -0.2) is 9.83 Å². The average molecular weight is 1200 g/mol. The van der Waals surface area contributed by atoms with Crippen molar-refractivity contribution in [3.05, 3.63) is 266 Å². The maximum Gasteiger partial charge on any atom is 0.328 e. The number of benzene rings is 8. The first-order valence-electron chi connectivity index (χ1n) is 28.4. The molecule has 8 aromatic carbocycles. The summed E-state index contributed by atoms with van der Waals surface area (Å²) in [6.07, 6.45) is 4.11. The molecule has 16 heteroatoms. The summed E-state index contributed by atoms with van der Waals surface area (Å²) >= 11 is 26.7. The fourth-order valence-electron chi connectivity index (χ4n) is 11.7. The van der Waals surface area contributed by atoms with Gasteiger partial charge in [-0.1, -0.05) is 228 Å². The molecule has 0 aliphatic heterocycles. The molecule has 0 N–H and O–H groups in total. The van der Waals surface area contributed by atoms with E-state index in [1.54, 1.807) is 36.7 Å². The minimum atomic E-state index is -0.618. The molecule has 12 aromatic rings. The summed E-state index contributed by atoms with van der Waals surface area (Å²) in [5, 5.41) is 16.0. The molecule has 10 nitrogen and oxygen atoms in total. The summed E-state index contributed by atoms with van der Waals surface area (Å²) in [6, 6.07) is 67.1. The van der Waals surface area contributed by atoms with Gasteiger partial charge in [0, 0.05) is 45.8 Å². The molecule has 0 aliphatic carbocycles. The first kappa shape index (κ1) is 57.5. The smallest absolute Gasteiger partial charge is 0.328 e. The molecule has 0 aliphatic rings. The van der Waals surface area contributed by atoms with Gasteiger partial charge in [-0.05, 0) is 86.1 Å². The molecule has 12 rings (SSSR count). The first-order chi connectivity index (χ1) is 42.1. The lowest BCUT2D eigenvalue weighted by Gasteiger charge is -2.25. The second kappa shape index (κ2) is 25.3. The highest BCUT2D eigenvalue weighted by atomic mass is 35.5. The third-order valence-corrected chi connectivity index (χ3v) is 17.2. The SMILES string of the molecule is [C-]#[N+]/C(c1cnc2cc(Cl)c(Cl)cc2n1)=c1\c2c(-c3ccccc3C)n(B(c3ccccc3)c3ccccc3)/c(=C(/C#N)c3cnc4cc(Cl)c(Cl)cc4n3)c2c(-c2ccc(OCCCN(CC)CC)cc2)n1B(c1ccccc1)c1ccccc1. The highest BCUT2D eigenvalue weighted by Crippen LogP contribution is 2.39. The van der Waals surface area contributed by atoms with E-state index in [1.165, 1.54) is 0 Å². The molecule has 0 amide bonds. The van der Waals surface area contributed by atoms with Gasteiger partial charge in [-0.3, -0.25) is 15.0 Å². The molecule has 0 bridgehead atoms. The van der Waals surface area contributed by atoms with Crippen molar-refractivity contribution < 1.29 is 4.74 Å². The zero-order valence-corrected chi connectivity index (χ0v) is 50.3. The summed E-state index contributed by atoms with van der Waals surface area (Å²) in [7, 11) is 0. The Kier molecular flexibility index (Phi) is 16.9. The molecule has 0 saturated carbocycles. The van der Waals surface area contributed by atoms with E-state index in [-0.39, 0.29) is 17.0 Å². The Morgan fingerprint density at radius 1 is 0.570 bits per heavy atom. The molecule has 418 valence electrons. The quantitative estimate of drug-likeness (QED) is 0.0508. The molecule has 4 heterocycles. The topological polar surface area (TPSA) is 102 Å². The van der Waals surface area contributed by atoms with Crippen molar-refractivity contribution >= 4 is 126 Å². The molecule has 0 radical (unpaired) electrons. The number of aromatic nitrogens is 6. The highest BCUT2D eigenvalue weighted by Gasteiger charge is 2.37. The van der Waals surface area contributed by atoms with Gasteiger partial charge in [0.15, 0.2) is 0 Å². The van der Waals surface area contributed by atoms with E-state index >= 15 is 0 Å². The van der Waals surface area contributed by atoms with E-state index in [2.05, 4.69) is 118 Å². The van der Waals surface area contributed by atoms with Crippen molar-refractivity contribution in [3.63, 3.8) is 0 Å². The van der Waals surface area contributed by atoms with Gasteiger partial charge in [-0.2, -0.15) is 5.26 Å². The average Bonchev–Trinajstić information content (AvgIpc) is 1.57. The number of nitriles is 1. The van der Waals surface area contributed by atoms with Crippen molar-refractivity contribution in [2.45, 2.75) is 27.2 Å². The number of aryl methyl sites for hydroxylation is 1. The third kappa shape index (κ3) is 11.0. The molecular weight excluding hydrogens is 1150 g/mol. The Morgan fingerprint density at radius 2 is 1.01 bits per heavy atom. The summed E-state index contributed by atoms with van der Waals surface area (Å²) in [5.41, 5.74) is 10.6. The number of hydrogen-bond acceptors (Lipinski definition) is 7. The van der Waals surface area contributed by atoms with Crippen molar-refractivity contribution in [2.24, 2.45) is 0 Å². The van der Waals surface area contributed by atoms with E-state index in [4.69, 9.17) is 71.1 Å². The van der Waals surface area contributed by atoms with Crippen LogP contribution in [0.4, 0.5) is 0 Å². The van der Waals surface area contributed by atoms with E-state index in [1.807, 2.05) is 97.1 Å².